The highest BCUT2D eigenvalue weighted by Gasteiger charge is 2.23. The lowest BCUT2D eigenvalue weighted by Gasteiger charge is -2.18. The molecule has 2 heterocycles. The number of nitrogens with two attached hydrogens (primary N) is 1. The van der Waals surface area contributed by atoms with E-state index in [-0.39, 0.29) is 0 Å². The zero-order valence-corrected chi connectivity index (χ0v) is 8.69. The van der Waals surface area contributed by atoms with Gasteiger partial charge in [0, 0.05) is 32.0 Å². The van der Waals surface area contributed by atoms with E-state index < -0.39 is 0 Å². The van der Waals surface area contributed by atoms with Crippen molar-refractivity contribution in [2.45, 2.75) is 19.9 Å². The van der Waals surface area contributed by atoms with E-state index in [1.54, 1.807) is 0 Å². The lowest BCUT2D eigenvalue weighted by atomic mass is 10.1. The fourth-order valence-corrected chi connectivity index (χ4v) is 2.04. The van der Waals surface area contributed by atoms with Crippen LogP contribution in [0.3, 0.4) is 0 Å². The van der Waals surface area contributed by atoms with Crippen LogP contribution in [0.15, 0.2) is 12.4 Å². The summed E-state index contributed by atoms with van der Waals surface area (Å²) in [6.45, 7) is 6.08. The molecule has 1 saturated heterocycles. The SMILES string of the molecule is CCn1ccnc1N1CCC(CN)C1. The number of aryl methyl sites for hydroxylation is 1. The molecule has 14 heavy (non-hydrogen) atoms. The first-order valence-corrected chi connectivity index (χ1v) is 5.31. The highest BCUT2D eigenvalue weighted by Crippen LogP contribution is 2.21. The van der Waals surface area contributed by atoms with Crippen molar-refractivity contribution in [1.82, 2.24) is 9.55 Å². The summed E-state index contributed by atoms with van der Waals surface area (Å²) in [4.78, 5) is 6.72. The van der Waals surface area contributed by atoms with Crippen LogP contribution in [0.1, 0.15) is 13.3 Å². The van der Waals surface area contributed by atoms with Crippen molar-refractivity contribution >= 4 is 5.95 Å². The summed E-state index contributed by atoms with van der Waals surface area (Å²) >= 11 is 0. The molecule has 0 radical (unpaired) electrons. The molecule has 1 unspecified atom stereocenters. The third-order valence-corrected chi connectivity index (χ3v) is 2.94. The molecule has 0 bridgehead atoms. The molecule has 1 aromatic rings. The lowest BCUT2D eigenvalue weighted by molar-refractivity contribution is 0.600. The zero-order chi connectivity index (χ0) is 9.97. The number of hydrogen-bond donors (Lipinski definition) is 1. The van der Waals surface area contributed by atoms with Crippen molar-refractivity contribution in [2.75, 3.05) is 24.5 Å². The van der Waals surface area contributed by atoms with Gasteiger partial charge < -0.3 is 15.2 Å². The van der Waals surface area contributed by atoms with Crippen LogP contribution in [-0.4, -0.2) is 29.2 Å². The second-order valence-corrected chi connectivity index (χ2v) is 3.85. The average molecular weight is 194 g/mol. The molecular weight excluding hydrogens is 176 g/mol. The highest BCUT2D eigenvalue weighted by molar-refractivity contribution is 5.33. The van der Waals surface area contributed by atoms with E-state index in [9.17, 15) is 0 Å². The van der Waals surface area contributed by atoms with Crippen molar-refractivity contribution in [2.24, 2.45) is 11.7 Å². The van der Waals surface area contributed by atoms with Gasteiger partial charge in [0.05, 0.1) is 0 Å². The molecule has 1 fully saturated rings. The first-order chi connectivity index (χ1) is 6.85. The third kappa shape index (κ3) is 1.62. The predicted molar refractivity (Wildman–Crippen MR) is 57.3 cm³/mol. The molecule has 0 aromatic carbocycles. The van der Waals surface area contributed by atoms with Gasteiger partial charge in [-0.05, 0) is 25.8 Å². The summed E-state index contributed by atoms with van der Waals surface area (Å²) in [7, 11) is 0. The Morgan fingerprint density at radius 3 is 3.14 bits per heavy atom. The molecule has 78 valence electrons. The van der Waals surface area contributed by atoms with Gasteiger partial charge in [-0.15, -0.1) is 0 Å². The normalized spacial score (nSPS) is 21.9. The summed E-state index contributed by atoms with van der Waals surface area (Å²) in [5, 5.41) is 0. The van der Waals surface area contributed by atoms with E-state index >= 15 is 0 Å². The van der Waals surface area contributed by atoms with Crippen LogP contribution in [0.5, 0.6) is 0 Å². The number of hydrogen-bond acceptors (Lipinski definition) is 3. The Morgan fingerprint density at radius 2 is 2.50 bits per heavy atom. The Hall–Kier alpha value is -1.03. The number of aromatic nitrogens is 2. The summed E-state index contributed by atoms with van der Waals surface area (Å²) in [5.41, 5.74) is 5.67. The minimum absolute atomic E-state index is 0.650. The van der Waals surface area contributed by atoms with E-state index in [4.69, 9.17) is 5.73 Å². The maximum absolute atomic E-state index is 5.67. The predicted octanol–water partition coefficient (Wildman–Crippen LogP) is 0.688. The van der Waals surface area contributed by atoms with Crippen LogP contribution >= 0.6 is 0 Å². The van der Waals surface area contributed by atoms with Crippen molar-refractivity contribution in [3.63, 3.8) is 0 Å². The second kappa shape index (κ2) is 4.00. The van der Waals surface area contributed by atoms with Gasteiger partial charge in [0.1, 0.15) is 0 Å². The standard InChI is InChI=1S/C10H18N4/c1-2-13-6-4-12-10(13)14-5-3-9(7-11)8-14/h4,6,9H,2-3,5,7-8,11H2,1H3. The van der Waals surface area contributed by atoms with Gasteiger partial charge in [0.25, 0.3) is 0 Å². The second-order valence-electron chi connectivity index (χ2n) is 3.85. The topological polar surface area (TPSA) is 47.1 Å². The monoisotopic (exact) mass is 194 g/mol. The van der Waals surface area contributed by atoms with Crippen LogP contribution < -0.4 is 10.6 Å². The van der Waals surface area contributed by atoms with Crippen molar-refractivity contribution in [3.05, 3.63) is 12.4 Å². The Labute approximate surface area is 84.7 Å². The van der Waals surface area contributed by atoms with Gasteiger partial charge in [-0.25, -0.2) is 4.98 Å². The van der Waals surface area contributed by atoms with Gasteiger partial charge in [-0.3, -0.25) is 0 Å². The van der Waals surface area contributed by atoms with Crippen LogP contribution in [0.4, 0.5) is 5.95 Å². The molecule has 1 atom stereocenters. The largest absolute Gasteiger partial charge is 0.342 e. The Bertz CT molecular complexity index is 294. The van der Waals surface area contributed by atoms with Gasteiger partial charge in [-0.1, -0.05) is 0 Å². The lowest BCUT2D eigenvalue weighted by Crippen LogP contribution is -2.25. The molecule has 4 heteroatoms. The number of nitrogens with zero attached hydrogens (tertiary/aromatic N) is 3. The van der Waals surface area contributed by atoms with Gasteiger partial charge in [0.15, 0.2) is 0 Å². The van der Waals surface area contributed by atoms with Gasteiger partial charge >= 0.3 is 0 Å². The summed E-state index contributed by atoms with van der Waals surface area (Å²) in [6, 6.07) is 0. The van der Waals surface area contributed by atoms with E-state index in [1.807, 2.05) is 12.4 Å². The Kier molecular flexibility index (Phi) is 2.72. The van der Waals surface area contributed by atoms with Gasteiger partial charge in [0.2, 0.25) is 5.95 Å². The fourth-order valence-electron chi connectivity index (χ4n) is 2.04. The van der Waals surface area contributed by atoms with Gasteiger partial charge in [-0.2, -0.15) is 0 Å². The van der Waals surface area contributed by atoms with Crippen LogP contribution in [0.25, 0.3) is 0 Å². The van der Waals surface area contributed by atoms with Crippen LogP contribution in [0, 0.1) is 5.92 Å². The maximum Gasteiger partial charge on any atom is 0.205 e. The van der Waals surface area contributed by atoms with Crippen LogP contribution in [-0.2, 0) is 6.54 Å². The first kappa shape index (κ1) is 9.52. The third-order valence-electron chi connectivity index (χ3n) is 2.94. The molecule has 0 aliphatic carbocycles. The number of rotatable bonds is 3. The first-order valence-electron chi connectivity index (χ1n) is 5.31. The van der Waals surface area contributed by atoms with E-state index in [1.165, 1.54) is 6.42 Å². The Morgan fingerprint density at radius 1 is 1.64 bits per heavy atom. The molecule has 1 aliphatic rings. The molecule has 4 nitrogen and oxygen atoms in total. The molecule has 1 aliphatic heterocycles. The van der Waals surface area contributed by atoms with E-state index in [0.717, 1.165) is 32.1 Å². The highest BCUT2D eigenvalue weighted by atomic mass is 15.3. The molecule has 0 spiro atoms. The van der Waals surface area contributed by atoms with E-state index in [2.05, 4.69) is 21.4 Å². The molecule has 2 N–H and O–H groups in total. The van der Waals surface area contributed by atoms with Crippen molar-refractivity contribution < 1.29 is 0 Å². The summed E-state index contributed by atoms with van der Waals surface area (Å²) in [5.74, 6) is 1.75. The molecule has 0 amide bonds. The summed E-state index contributed by atoms with van der Waals surface area (Å²) < 4.78 is 2.18. The molecular formula is C10H18N4. The zero-order valence-electron chi connectivity index (χ0n) is 8.69. The van der Waals surface area contributed by atoms with Crippen molar-refractivity contribution in [3.8, 4) is 0 Å². The minimum atomic E-state index is 0.650. The van der Waals surface area contributed by atoms with Crippen LogP contribution in [0.2, 0.25) is 0 Å². The average Bonchev–Trinajstić information content (AvgIpc) is 2.85. The molecule has 1 aromatic heterocycles. The Balaban J connectivity index is 2.09. The molecule has 2 rings (SSSR count). The maximum atomic E-state index is 5.67. The number of anilines is 1. The number of imidazole rings is 1. The van der Waals surface area contributed by atoms with E-state index in [0.29, 0.717) is 5.92 Å². The van der Waals surface area contributed by atoms with Crippen molar-refractivity contribution in [1.29, 1.82) is 0 Å². The fraction of sp³-hybridized carbons (Fsp3) is 0.700. The minimum Gasteiger partial charge on any atom is -0.342 e. The quantitative estimate of drug-likeness (QED) is 0.770. The summed E-state index contributed by atoms with van der Waals surface area (Å²) in [6.07, 6.45) is 5.10. The smallest absolute Gasteiger partial charge is 0.205 e. The molecule has 0 saturated carbocycles.